The summed E-state index contributed by atoms with van der Waals surface area (Å²) in [5.74, 6) is 0.423. The van der Waals surface area contributed by atoms with Gasteiger partial charge in [-0.25, -0.2) is 0 Å². The minimum Gasteiger partial charge on any atom is -0.508 e. The quantitative estimate of drug-likeness (QED) is 0.637. The predicted octanol–water partition coefficient (Wildman–Crippen LogP) is 0.426. The second kappa shape index (κ2) is 4.11. The number of ether oxygens (including phenoxy) is 1. The molecule has 0 heterocycles. The zero-order valence-corrected chi connectivity index (χ0v) is 7.27. The van der Waals surface area contributed by atoms with Gasteiger partial charge < -0.3 is 20.1 Å². The molecule has 1 rings (SSSR count). The summed E-state index contributed by atoms with van der Waals surface area (Å²) in [6.07, 6.45) is -0.976. The Morgan fingerprint density at radius 2 is 2.15 bits per heavy atom. The Morgan fingerprint density at radius 3 is 2.69 bits per heavy atom. The second-order valence-corrected chi connectivity index (χ2v) is 2.62. The summed E-state index contributed by atoms with van der Waals surface area (Å²) in [4.78, 5) is 0. The Balaban J connectivity index is 3.05. The first-order valence-electron chi connectivity index (χ1n) is 3.85. The highest BCUT2D eigenvalue weighted by molar-refractivity contribution is 5.41. The number of aromatic hydroxyl groups is 1. The molecule has 0 aliphatic carbocycles. The lowest BCUT2D eigenvalue weighted by atomic mass is 10.1. The number of phenolic OH excluding ortho intramolecular Hbond substituents is 1. The summed E-state index contributed by atoms with van der Waals surface area (Å²) in [7, 11) is 1.43. The summed E-state index contributed by atoms with van der Waals surface area (Å²) in [5, 5.41) is 27.1. The van der Waals surface area contributed by atoms with Crippen LogP contribution in [-0.2, 0) is 0 Å². The van der Waals surface area contributed by atoms with Crippen LogP contribution in [0, 0.1) is 0 Å². The van der Waals surface area contributed by atoms with Crippen LogP contribution in [-0.4, -0.2) is 29.0 Å². The van der Waals surface area contributed by atoms with Crippen LogP contribution in [0.1, 0.15) is 11.7 Å². The Kier molecular flexibility index (Phi) is 3.11. The van der Waals surface area contributed by atoms with Gasteiger partial charge in [0.15, 0.2) is 0 Å². The first-order valence-corrected chi connectivity index (χ1v) is 3.85. The molecule has 72 valence electrons. The number of hydrogen-bond donors (Lipinski definition) is 3. The highest BCUT2D eigenvalue weighted by atomic mass is 16.5. The van der Waals surface area contributed by atoms with Gasteiger partial charge in [-0.1, -0.05) is 0 Å². The Labute approximate surface area is 76.0 Å². The molecule has 13 heavy (non-hydrogen) atoms. The maximum absolute atomic E-state index is 9.32. The molecular weight excluding hydrogens is 172 g/mol. The van der Waals surface area contributed by atoms with Crippen LogP contribution in [0.15, 0.2) is 18.2 Å². The van der Waals surface area contributed by atoms with Crippen molar-refractivity contribution in [2.24, 2.45) is 0 Å². The van der Waals surface area contributed by atoms with Crippen molar-refractivity contribution < 1.29 is 20.1 Å². The number of benzene rings is 1. The Morgan fingerprint density at radius 1 is 1.46 bits per heavy atom. The lowest BCUT2D eigenvalue weighted by molar-refractivity contribution is 0.0933. The van der Waals surface area contributed by atoms with Gasteiger partial charge in [-0.15, -0.1) is 0 Å². The lowest BCUT2D eigenvalue weighted by Crippen LogP contribution is -2.04. The Bertz CT molecular complexity index is 285. The van der Waals surface area contributed by atoms with E-state index in [1.54, 1.807) is 0 Å². The minimum atomic E-state index is -0.976. The maximum atomic E-state index is 9.32. The first-order chi connectivity index (χ1) is 6.19. The van der Waals surface area contributed by atoms with Crippen molar-refractivity contribution in [2.45, 2.75) is 6.10 Å². The largest absolute Gasteiger partial charge is 0.508 e. The van der Waals surface area contributed by atoms with E-state index >= 15 is 0 Å². The number of aliphatic hydroxyl groups excluding tert-OH is 2. The van der Waals surface area contributed by atoms with Gasteiger partial charge >= 0.3 is 0 Å². The van der Waals surface area contributed by atoms with Crippen molar-refractivity contribution in [3.05, 3.63) is 23.8 Å². The fourth-order valence-corrected chi connectivity index (χ4v) is 1.07. The summed E-state index contributed by atoms with van der Waals surface area (Å²) < 4.78 is 4.92. The third kappa shape index (κ3) is 2.11. The molecule has 1 unspecified atom stereocenters. The van der Waals surface area contributed by atoms with Crippen molar-refractivity contribution in [1.29, 1.82) is 0 Å². The summed E-state index contributed by atoms with van der Waals surface area (Å²) in [5.41, 5.74) is 0.461. The molecule has 3 N–H and O–H groups in total. The molecule has 0 bridgehead atoms. The van der Waals surface area contributed by atoms with E-state index in [-0.39, 0.29) is 12.4 Å². The fraction of sp³-hybridized carbons (Fsp3) is 0.333. The summed E-state index contributed by atoms with van der Waals surface area (Å²) in [6.45, 7) is -0.374. The van der Waals surface area contributed by atoms with E-state index in [1.165, 1.54) is 25.3 Å². The third-order valence-electron chi connectivity index (χ3n) is 1.75. The molecule has 1 aromatic carbocycles. The lowest BCUT2D eigenvalue weighted by Gasteiger charge is -2.12. The van der Waals surface area contributed by atoms with Crippen molar-refractivity contribution >= 4 is 0 Å². The molecule has 0 amide bonds. The van der Waals surface area contributed by atoms with Crippen LogP contribution in [0.4, 0.5) is 0 Å². The fourth-order valence-electron chi connectivity index (χ4n) is 1.07. The molecule has 4 nitrogen and oxygen atoms in total. The normalized spacial score (nSPS) is 12.5. The van der Waals surface area contributed by atoms with Crippen LogP contribution in [0.25, 0.3) is 0 Å². The smallest absolute Gasteiger partial charge is 0.128 e. The second-order valence-electron chi connectivity index (χ2n) is 2.62. The summed E-state index contributed by atoms with van der Waals surface area (Å²) in [6, 6.07) is 4.32. The van der Waals surface area contributed by atoms with Gasteiger partial charge in [0.2, 0.25) is 0 Å². The molecule has 0 spiro atoms. The van der Waals surface area contributed by atoms with Crippen LogP contribution in [0.3, 0.4) is 0 Å². The van der Waals surface area contributed by atoms with Gasteiger partial charge in [0.1, 0.15) is 17.6 Å². The zero-order chi connectivity index (χ0) is 9.84. The van der Waals surface area contributed by atoms with Crippen molar-refractivity contribution in [3.63, 3.8) is 0 Å². The molecule has 1 atom stereocenters. The first kappa shape index (κ1) is 9.83. The predicted molar refractivity (Wildman–Crippen MR) is 46.7 cm³/mol. The van der Waals surface area contributed by atoms with Gasteiger partial charge in [-0.2, -0.15) is 0 Å². The van der Waals surface area contributed by atoms with E-state index in [1.807, 2.05) is 0 Å². The van der Waals surface area contributed by atoms with Crippen molar-refractivity contribution in [1.82, 2.24) is 0 Å². The van der Waals surface area contributed by atoms with Gasteiger partial charge in [0.05, 0.1) is 13.7 Å². The highest BCUT2D eigenvalue weighted by Crippen LogP contribution is 2.28. The van der Waals surface area contributed by atoms with E-state index in [4.69, 9.17) is 14.9 Å². The molecule has 0 aliphatic rings. The number of hydrogen-bond acceptors (Lipinski definition) is 4. The van der Waals surface area contributed by atoms with Crippen LogP contribution in [0.5, 0.6) is 11.5 Å². The maximum Gasteiger partial charge on any atom is 0.128 e. The summed E-state index contributed by atoms with van der Waals surface area (Å²) >= 11 is 0. The zero-order valence-electron chi connectivity index (χ0n) is 7.27. The Hall–Kier alpha value is -1.26. The number of aliphatic hydroxyl groups is 2. The third-order valence-corrected chi connectivity index (χ3v) is 1.75. The van der Waals surface area contributed by atoms with E-state index in [2.05, 4.69) is 0 Å². The number of rotatable bonds is 3. The van der Waals surface area contributed by atoms with Crippen molar-refractivity contribution in [3.8, 4) is 11.5 Å². The molecule has 0 aromatic heterocycles. The molecule has 4 heteroatoms. The number of methoxy groups -OCH3 is 1. The van der Waals surface area contributed by atoms with Crippen LogP contribution < -0.4 is 4.74 Å². The monoisotopic (exact) mass is 184 g/mol. The SMILES string of the molecule is COc1cc(O)ccc1C(O)CO. The van der Waals surface area contributed by atoms with Crippen LogP contribution in [0.2, 0.25) is 0 Å². The van der Waals surface area contributed by atoms with E-state index in [9.17, 15) is 5.11 Å². The van der Waals surface area contributed by atoms with Gasteiger partial charge in [0, 0.05) is 11.6 Å². The molecular formula is C9H12O4. The van der Waals surface area contributed by atoms with Crippen LogP contribution >= 0.6 is 0 Å². The molecule has 1 aromatic rings. The number of phenols is 1. The van der Waals surface area contributed by atoms with E-state index in [0.717, 1.165) is 0 Å². The molecule has 0 fully saturated rings. The van der Waals surface area contributed by atoms with E-state index < -0.39 is 6.10 Å². The minimum absolute atomic E-state index is 0.0609. The van der Waals surface area contributed by atoms with Gasteiger partial charge in [-0.05, 0) is 12.1 Å². The van der Waals surface area contributed by atoms with Gasteiger partial charge in [0.25, 0.3) is 0 Å². The van der Waals surface area contributed by atoms with Crippen molar-refractivity contribution in [2.75, 3.05) is 13.7 Å². The molecule has 0 radical (unpaired) electrons. The standard InChI is InChI=1S/C9H12O4/c1-13-9-4-6(11)2-3-7(9)8(12)5-10/h2-4,8,10-12H,5H2,1H3. The highest BCUT2D eigenvalue weighted by Gasteiger charge is 2.12. The van der Waals surface area contributed by atoms with Gasteiger partial charge in [-0.3, -0.25) is 0 Å². The molecule has 0 saturated carbocycles. The average Bonchev–Trinajstić information content (AvgIpc) is 2.16. The molecule has 0 saturated heterocycles. The van der Waals surface area contributed by atoms with E-state index in [0.29, 0.717) is 11.3 Å². The molecule has 0 aliphatic heterocycles. The topological polar surface area (TPSA) is 69.9 Å². The average molecular weight is 184 g/mol.